The molecule has 0 aliphatic rings. The van der Waals surface area contributed by atoms with Crippen LogP contribution in [0.25, 0.3) is 0 Å². The topological polar surface area (TPSA) is 35.2 Å². The second kappa shape index (κ2) is 4.03. The Balaban J connectivity index is 3.07. The highest BCUT2D eigenvalue weighted by atomic mass is 28.3. The van der Waals surface area contributed by atoms with E-state index in [1.807, 2.05) is 0 Å². The van der Waals surface area contributed by atoms with Crippen LogP contribution in [0.15, 0.2) is 0 Å². The van der Waals surface area contributed by atoms with Gasteiger partial charge in [-0.2, -0.15) is 0 Å². The average Bonchev–Trinajstić information content (AvgIpc) is 1.63. The van der Waals surface area contributed by atoms with Gasteiger partial charge in [-0.3, -0.25) is 0 Å². The summed E-state index contributed by atoms with van der Waals surface area (Å²) in [4.78, 5) is 4.46. The molecule has 0 fully saturated rings. The van der Waals surface area contributed by atoms with Gasteiger partial charge in [-0.25, -0.2) is 5.90 Å². The van der Waals surface area contributed by atoms with Gasteiger partial charge in [-0.15, -0.1) is 0 Å². The van der Waals surface area contributed by atoms with Gasteiger partial charge in [-0.1, -0.05) is 25.7 Å². The van der Waals surface area contributed by atoms with Crippen LogP contribution in [0, 0.1) is 0 Å². The zero-order chi connectivity index (χ0) is 7.33. The van der Waals surface area contributed by atoms with Crippen molar-refractivity contribution < 1.29 is 4.84 Å². The molecular formula is C6H17NOSi. The van der Waals surface area contributed by atoms with Gasteiger partial charge >= 0.3 is 0 Å². The van der Waals surface area contributed by atoms with Crippen LogP contribution < -0.4 is 5.90 Å². The van der Waals surface area contributed by atoms with Crippen molar-refractivity contribution in [2.45, 2.75) is 32.1 Å². The quantitative estimate of drug-likeness (QED) is 0.372. The van der Waals surface area contributed by atoms with Crippen LogP contribution in [0.5, 0.6) is 0 Å². The van der Waals surface area contributed by atoms with E-state index in [0.717, 1.165) is 6.42 Å². The average molecular weight is 147 g/mol. The molecule has 0 aromatic heterocycles. The Labute approximate surface area is 58.4 Å². The summed E-state index contributed by atoms with van der Waals surface area (Å²) in [5, 5.41) is 0. The molecule has 0 rings (SSSR count). The minimum Gasteiger partial charge on any atom is -0.305 e. The van der Waals surface area contributed by atoms with Crippen molar-refractivity contribution in [3.05, 3.63) is 0 Å². The van der Waals surface area contributed by atoms with E-state index in [9.17, 15) is 0 Å². The second-order valence-electron chi connectivity index (χ2n) is 3.54. The first kappa shape index (κ1) is 9.14. The lowest BCUT2D eigenvalue weighted by molar-refractivity contribution is 0.138. The van der Waals surface area contributed by atoms with Crippen molar-refractivity contribution in [1.82, 2.24) is 0 Å². The first-order chi connectivity index (χ1) is 4.06. The van der Waals surface area contributed by atoms with Gasteiger partial charge in [-0.05, 0) is 6.42 Å². The fourth-order valence-electron chi connectivity index (χ4n) is 0.686. The lowest BCUT2D eigenvalue weighted by atomic mass is 10.5. The maximum absolute atomic E-state index is 4.87. The Bertz CT molecular complexity index is 69.9. The normalized spacial score (nSPS) is 12.0. The lowest BCUT2D eigenvalue weighted by Gasteiger charge is -2.13. The van der Waals surface area contributed by atoms with E-state index in [0.29, 0.717) is 6.61 Å². The molecule has 0 spiro atoms. The van der Waals surface area contributed by atoms with E-state index in [1.54, 1.807) is 0 Å². The van der Waals surface area contributed by atoms with Crippen molar-refractivity contribution in [2.24, 2.45) is 5.90 Å². The summed E-state index contributed by atoms with van der Waals surface area (Å²) in [5.74, 6) is 4.87. The van der Waals surface area contributed by atoms with Crippen molar-refractivity contribution in [3.63, 3.8) is 0 Å². The minimum atomic E-state index is -0.830. The van der Waals surface area contributed by atoms with E-state index in [1.165, 1.54) is 6.04 Å². The smallest absolute Gasteiger partial charge is 0.0676 e. The van der Waals surface area contributed by atoms with Crippen LogP contribution in [0.4, 0.5) is 0 Å². The molecule has 0 atom stereocenters. The molecule has 0 aromatic rings. The Morgan fingerprint density at radius 2 is 1.89 bits per heavy atom. The summed E-state index contributed by atoms with van der Waals surface area (Å²) in [7, 11) is -0.830. The summed E-state index contributed by atoms with van der Waals surface area (Å²) in [6, 6.07) is 1.31. The number of hydrogen-bond acceptors (Lipinski definition) is 2. The van der Waals surface area contributed by atoms with Gasteiger partial charge in [0.05, 0.1) is 6.61 Å². The SMILES string of the molecule is C[Si](C)(C)CCCON. The zero-order valence-electron chi connectivity index (χ0n) is 6.61. The van der Waals surface area contributed by atoms with Crippen LogP contribution in [0.2, 0.25) is 25.7 Å². The molecule has 0 bridgehead atoms. The Morgan fingerprint density at radius 3 is 2.22 bits per heavy atom. The van der Waals surface area contributed by atoms with Gasteiger partial charge in [0, 0.05) is 8.07 Å². The van der Waals surface area contributed by atoms with Crippen molar-refractivity contribution in [2.75, 3.05) is 6.61 Å². The zero-order valence-corrected chi connectivity index (χ0v) is 7.61. The summed E-state index contributed by atoms with van der Waals surface area (Å²) in [5.41, 5.74) is 0. The van der Waals surface area contributed by atoms with Crippen LogP contribution in [0.3, 0.4) is 0 Å². The van der Waals surface area contributed by atoms with Crippen LogP contribution in [0.1, 0.15) is 6.42 Å². The first-order valence-corrected chi connectivity index (χ1v) is 7.09. The third-order valence-electron chi connectivity index (χ3n) is 1.19. The van der Waals surface area contributed by atoms with E-state index >= 15 is 0 Å². The second-order valence-corrected chi connectivity index (χ2v) is 9.16. The molecule has 0 saturated carbocycles. The number of nitrogens with two attached hydrogens (primary N) is 1. The molecule has 0 aliphatic carbocycles. The maximum atomic E-state index is 4.87. The fourth-order valence-corrected chi connectivity index (χ4v) is 1.89. The van der Waals surface area contributed by atoms with E-state index < -0.39 is 8.07 Å². The highest BCUT2D eigenvalue weighted by Gasteiger charge is 2.11. The first-order valence-electron chi connectivity index (χ1n) is 3.38. The lowest BCUT2D eigenvalue weighted by Crippen LogP contribution is -2.19. The van der Waals surface area contributed by atoms with Crippen molar-refractivity contribution in [3.8, 4) is 0 Å². The Morgan fingerprint density at radius 1 is 1.33 bits per heavy atom. The number of hydrogen-bond donors (Lipinski definition) is 1. The van der Waals surface area contributed by atoms with Gasteiger partial charge in [0.1, 0.15) is 0 Å². The highest BCUT2D eigenvalue weighted by Crippen LogP contribution is 2.09. The van der Waals surface area contributed by atoms with E-state index in [2.05, 4.69) is 24.5 Å². The molecule has 0 radical (unpaired) electrons. The van der Waals surface area contributed by atoms with Crippen LogP contribution in [-0.2, 0) is 4.84 Å². The third-order valence-corrected chi connectivity index (χ3v) is 3.04. The molecule has 0 aliphatic heterocycles. The Hall–Kier alpha value is 0.137. The third kappa shape index (κ3) is 8.14. The molecule has 0 amide bonds. The summed E-state index contributed by atoms with van der Waals surface area (Å²) in [6.45, 7) is 7.76. The monoisotopic (exact) mass is 147 g/mol. The Kier molecular flexibility index (Phi) is 4.09. The van der Waals surface area contributed by atoms with Crippen molar-refractivity contribution in [1.29, 1.82) is 0 Å². The van der Waals surface area contributed by atoms with Gasteiger partial charge in [0.2, 0.25) is 0 Å². The number of rotatable bonds is 4. The minimum absolute atomic E-state index is 0.713. The molecule has 0 heterocycles. The summed E-state index contributed by atoms with van der Waals surface area (Å²) in [6.07, 6.45) is 1.12. The molecule has 0 saturated heterocycles. The molecule has 2 N–H and O–H groups in total. The molecule has 56 valence electrons. The predicted octanol–water partition coefficient (Wildman–Crippen LogP) is 1.60. The van der Waals surface area contributed by atoms with Gasteiger partial charge < -0.3 is 4.84 Å². The molecular weight excluding hydrogens is 130 g/mol. The van der Waals surface area contributed by atoms with Gasteiger partial charge in [0.25, 0.3) is 0 Å². The van der Waals surface area contributed by atoms with Crippen LogP contribution in [-0.4, -0.2) is 14.7 Å². The fraction of sp³-hybridized carbons (Fsp3) is 1.00. The molecule has 3 heteroatoms. The predicted molar refractivity (Wildman–Crippen MR) is 42.9 cm³/mol. The maximum Gasteiger partial charge on any atom is 0.0676 e. The summed E-state index contributed by atoms with van der Waals surface area (Å²) < 4.78 is 0. The van der Waals surface area contributed by atoms with Crippen molar-refractivity contribution >= 4 is 8.07 Å². The standard InChI is InChI=1S/C6H17NOSi/c1-9(2,3)6-4-5-8-7/h4-7H2,1-3H3. The van der Waals surface area contributed by atoms with Crippen LogP contribution >= 0.6 is 0 Å². The molecule has 9 heavy (non-hydrogen) atoms. The van der Waals surface area contributed by atoms with E-state index in [-0.39, 0.29) is 0 Å². The molecule has 2 nitrogen and oxygen atoms in total. The molecule has 0 aromatic carbocycles. The van der Waals surface area contributed by atoms with E-state index in [4.69, 9.17) is 5.90 Å². The van der Waals surface area contributed by atoms with Gasteiger partial charge in [0.15, 0.2) is 0 Å². The summed E-state index contributed by atoms with van der Waals surface area (Å²) >= 11 is 0. The molecule has 0 unspecified atom stereocenters. The highest BCUT2D eigenvalue weighted by molar-refractivity contribution is 6.76. The largest absolute Gasteiger partial charge is 0.305 e.